The second kappa shape index (κ2) is 7.86. The number of nitrogens with zero attached hydrogens (tertiary/aromatic N) is 5. The van der Waals surface area contributed by atoms with Gasteiger partial charge in [0.2, 0.25) is 11.8 Å². The molecule has 0 spiro atoms. The van der Waals surface area contributed by atoms with E-state index in [2.05, 4.69) is 37.8 Å². The maximum Gasteiger partial charge on any atom is 0.329 e. The molecule has 0 unspecified atom stereocenters. The summed E-state index contributed by atoms with van der Waals surface area (Å²) < 4.78 is 1.98. The van der Waals surface area contributed by atoms with E-state index in [1.54, 1.807) is 0 Å². The quantitative estimate of drug-likeness (QED) is 0.445. The van der Waals surface area contributed by atoms with Gasteiger partial charge in [-0.1, -0.05) is 30.3 Å². The standard InChI is InChI=1S/C20H23N7O2/c1-13-17(14(2)26(25-13)12-15-6-4-3-5-7-15)10-21-20-22-11-18(27(28)29)19(24-20)23-16-8-9-16/h3-7,11,16H,8-10,12H2,1-2H3,(H2,21,22,23,24). The SMILES string of the molecule is Cc1nn(Cc2ccccc2)c(C)c1CNc1ncc([N+](=O)[O-])c(NC2CC2)n1. The van der Waals surface area contributed by atoms with Crippen molar-refractivity contribution in [1.82, 2.24) is 19.7 Å². The lowest BCUT2D eigenvalue weighted by Gasteiger charge is -2.09. The predicted molar refractivity (Wildman–Crippen MR) is 110 cm³/mol. The normalized spacial score (nSPS) is 13.3. The van der Waals surface area contributed by atoms with Gasteiger partial charge in [-0.15, -0.1) is 0 Å². The molecule has 2 aromatic heterocycles. The zero-order valence-electron chi connectivity index (χ0n) is 16.4. The van der Waals surface area contributed by atoms with E-state index in [-0.39, 0.29) is 17.5 Å². The van der Waals surface area contributed by atoms with Gasteiger partial charge in [-0.3, -0.25) is 14.8 Å². The first-order chi connectivity index (χ1) is 14.0. The fraction of sp³-hybridized carbons (Fsp3) is 0.350. The molecule has 0 amide bonds. The first kappa shape index (κ1) is 18.9. The largest absolute Gasteiger partial charge is 0.361 e. The van der Waals surface area contributed by atoms with Crippen LogP contribution in [0.4, 0.5) is 17.5 Å². The fourth-order valence-electron chi connectivity index (χ4n) is 3.19. The molecule has 1 fully saturated rings. The van der Waals surface area contributed by atoms with E-state index >= 15 is 0 Å². The van der Waals surface area contributed by atoms with Crippen LogP contribution in [-0.2, 0) is 13.1 Å². The highest BCUT2D eigenvalue weighted by Gasteiger charge is 2.26. The van der Waals surface area contributed by atoms with Crippen LogP contribution in [0.1, 0.15) is 35.4 Å². The summed E-state index contributed by atoms with van der Waals surface area (Å²) in [6, 6.07) is 10.4. The Kier molecular flexibility index (Phi) is 5.11. The van der Waals surface area contributed by atoms with Gasteiger partial charge in [-0.2, -0.15) is 10.1 Å². The van der Waals surface area contributed by atoms with E-state index in [0.29, 0.717) is 19.0 Å². The fourth-order valence-corrected chi connectivity index (χ4v) is 3.19. The number of hydrogen-bond acceptors (Lipinski definition) is 7. The van der Waals surface area contributed by atoms with E-state index in [0.717, 1.165) is 29.8 Å². The first-order valence-corrected chi connectivity index (χ1v) is 9.60. The lowest BCUT2D eigenvalue weighted by Crippen LogP contribution is -2.11. The predicted octanol–water partition coefficient (Wildman–Crippen LogP) is 3.43. The Morgan fingerprint density at radius 1 is 1.24 bits per heavy atom. The van der Waals surface area contributed by atoms with E-state index in [4.69, 9.17) is 0 Å². The molecule has 2 heterocycles. The number of anilines is 2. The van der Waals surface area contributed by atoms with E-state index in [1.807, 2.05) is 36.7 Å². The molecule has 1 aliphatic rings. The molecule has 3 aromatic rings. The Morgan fingerprint density at radius 3 is 2.69 bits per heavy atom. The minimum atomic E-state index is -0.462. The number of hydrogen-bond donors (Lipinski definition) is 2. The molecule has 1 aromatic carbocycles. The smallest absolute Gasteiger partial charge is 0.329 e. The topological polar surface area (TPSA) is 111 Å². The summed E-state index contributed by atoms with van der Waals surface area (Å²) in [6.07, 6.45) is 3.25. The van der Waals surface area contributed by atoms with Crippen molar-refractivity contribution >= 4 is 17.5 Å². The van der Waals surface area contributed by atoms with Crippen molar-refractivity contribution < 1.29 is 4.92 Å². The van der Waals surface area contributed by atoms with Crippen LogP contribution < -0.4 is 10.6 Å². The van der Waals surface area contributed by atoms with Crippen molar-refractivity contribution in [3.63, 3.8) is 0 Å². The van der Waals surface area contributed by atoms with Gasteiger partial charge in [0.25, 0.3) is 0 Å². The third-order valence-electron chi connectivity index (χ3n) is 5.01. The van der Waals surface area contributed by atoms with Crippen LogP contribution >= 0.6 is 0 Å². The highest BCUT2D eigenvalue weighted by molar-refractivity contribution is 5.58. The zero-order chi connectivity index (χ0) is 20.4. The third kappa shape index (κ3) is 4.34. The third-order valence-corrected chi connectivity index (χ3v) is 5.01. The highest BCUT2D eigenvalue weighted by Crippen LogP contribution is 2.29. The average molecular weight is 393 g/mol. The van der Waals surface area contributed by atoms with Crippen molar-refractivity contribution in [2.24, 2.45) is 0 Å². The Bertz CT molecular complexity index is 1030. The van der Waals surface area contributed by atoms with Gasteiger partial charge in [-0.05, 0) is 32.3 Å². The minimum absolute atomic E-state index is 0.106. The number of aromatic nitrogens is 4. The lowest BCUT2D eigenvalue weighted by atomic mass is 10.2. The van der Waals surface area contributed by atoms with E-state index in [1.165, 1.54) is 11.8 Å². The molecule has 29 heavy (non-hydrogen) atoms. The summed E-state index contributed by atoms with van der Waals surface area (Å²) in [5.74, 6) is 0.622. The van der Waals surface area contributed by atoms with Crippen LogP contribution in [0.3, 0.4) is 0 Å². The second-order valence-electron chi connectivity index (χ2n) is 7.25. The number of nitro groups is 1. The molecule has 1 saturated carbocycles. The second-order valence-corrected chi connectivity index (χ2v) is 7.25. The maximum atomic E-state index is 11.2. The summed E-state index contributed by atoms with van der Waals surface area (Å²) in [7, 11) is 0. The van der Waals surface area contributed by atoms with Crippen molar-refractivity contribution in [3.8, 4) is 0 Å². The highest BCUT2D eigenvalue weighted by atomic mass is 16.6. The van der Waals surface area contributed by atoms with Gasteiger partial charge in [0.05, 0.1) is 17.2 Å². The molecule has 2 N–H and O–H groups in total. The zero-order valence-corrected chi connectivity index (χ0v) is 16.4. The molecular formula is C20H23N7O2. The maximum absolute atomic E-state index is 11.2. The Morgan fingerprint density at radius 2 is 2.00 bits per heavy atom. The van der Waals surface area contributed by atoms with Gasteiger partial charge in [0, 0.05) is 23.8 Å². The molecule has 0 saturated heterocycles. The summed E-state index contributed by atoms with van der Waals surface area (Å²) in [4.78, 5) is 19.2. The number of benzene rings is 1. The van der Waals surface area contributed by atoms with Gasteiger partial charge in [0.1, 0.15) is 6.20 Å². The summed E-state index contributed by atoms with van der Waals surface area (Å²) in [6.45, 7) is 5.21. The molecule has 1 aliphatic carbocycles. The van der Waals surface area contributed by atoms with Crippen molar-refractivity contribution in [2.75, 3.05) is 10.6 Å². The number of rotatable bonds is 8. The molecule has 0 radical (unpaired) electrons. The molecule has 0 atom stereocenters. The minimum Gasteiger partial charge on any atom is -0.361 e. The van der Waals surface area contributed by atoms with E-state index in [9.17, 15) is 10.1 Å². The molecule has 9 heteroatoms. The summed E-state index contributed by atoms with van der Waals surface area (Å²) in [5.41, 5.74) is 4.15. The van der Waals surface area contributed by atoms with Gasteiger partial charge in [-0.25, -0.2) is 4.98 Å². The Balaban J connectivity index is 1.49. The van der Waals surface area contributed by atoms with Crippen LogP contribution in [0.5, 0.6) is 0 Å². The average Bonchev–Trinajstić information content (AvgIpc) is 3.47. The Hall–Kier alpha value is -3.49. The van der Waals surface area contributed by atoms with Crippen LogP contribution in [0.25, 0.3) is 0 Å². The van der Waals surface area contributed by atoms with Gasteiger partial charge >= 0.3 is 5.69 Å². The van der Waals surface area contributed by atoms with Crippen LogP contribution in [-0.4, -0.2) is 30.7 Å². The molecule has 150 valence electrons. The Labute approximate surface area is 168 Å². The van der Waals surface area contributed by atoms with Crippen LogP contribution in [0, 0.1) is 24.0 Å². The summed E-state index contributed by atoms with van der Waals surface area (Å²) >= 11 is 0. The van der Waals surface area contributed by atoms with Gasteiger partial charge < -0.3 is 10.6 Å². The monoisotopic (exact) mass is 393 g/mol. The summed E-state index contributed by atoms with van der Waals surface area (Å²) in [5, 5.41) is 22.2. The number of aryl methyl sites for hydroxylation is 1. The molecule has 9 nitrogen and oxygen atoms in total. The van der Waals surface area contributed by atoms with E-state index < -0.39 is 4.92 Å². The van der Waals surface area contributed by atoms with Crippen molar-refractivity contribution in [1.29, 1.82) is 0 Å². The molecule has 4 rings (SSSR count). The van der Waals surface area contributed by atoms with Crippen molar-refractivity contribution in [3.05, 3.63) is 69.2 Å². The van der Waals surface area contributed by atoms with Crippen LogP contribution in [0.2, 0.25) is 0 Å². The molecule has 0 aliphatic heterocycles. The molecular weight excluding hydrogens is 370 g/mol. The lowest BCUT2D eigenvalue weighted by molar-refractivity contribution is -0.384. The van der Waals surface area contributed by atoms with Gasteiger partial charge in [0.15, 0.2) is 0 Å². The van der Waals surface area contributed by atoms with Crippen LogP contribution in [0.15, 0.2) is 36.5 Å². The first-order valence-electron chi connectivity index (χ1n) is 9.60. The molecule has 0 bridgehead atoms. The number of nitrogens with one attached hydrogen (secondary N) is 2. The van der Waals surface area contributed by atoms with Crippen molar-refractivity contribution in [2.45, 2.75) is 45.8 Å².